The number of halogens is 3. The lowest BCUT2D eigenvalue weighted by Crippen LogP contribution is -2.37. The third kappa shape index (κ3) is 4.33. The van der Waals surface area contributed by atoms with Crippen LogP contribution in [0.5, 0.6) is 0 Å². The number of rotatable bonds is 4. The van der Waals surface area contributed by atoms with E-state index in [4.69, 9.17) is 4.74 Å². The Kier molecular flexibility index (Phi) is 5.70. The number of carbonyl (C=O) groups is 1. The fraction of sp³-hybridized carbons (Fsp3) is 0.273. The highest BCUT2D eigenvalue weighted by molar-refractivity contribution is 7.15. The molecule has 5 rings (SSSR count). The number of benzene rings is 1. The molecule has 1 N–H and O–H groups in total. The molecule has 1 saturated heterocycles. The van der Waals surface area contributed by atoms with Crippen molar-refractivity contribution in [1.82, 2.24) is 19.6 Å². The maximum atomic E-state index is 13.6. The Labute approximate surface area is 196 Å². The molecule has 0 saturated carbocycles. The fourth-order valence-corrected chi connectivity index (χ4v) is 4.40. The molecular weight excluding hydrogens is 469 g/mol. The molecule has 1 aliphatic heterocycles. The monoisotopic (exact) mass is 488 g/mol. The normalized spacial score (nSPS) is 14.5. The smallest absolute Gasteiger partial charge is 0.378 e. The number of ether oxygens (including phenoxy) is 1. The summed E-state index contributed by atoms with van der Waals surface area (Å²) in [6.07, 6.45) is -1.50. The highest BCUT2D eigenvalue weighted by Crippen LogP contribution is 2.37. The molecule has 1 aromatic carbocycles. The number of carbonyl (C=O) groups excluding carboxylic acids is 1. The number of imidazole rings is 1. The minimum Gasteiger partial charge on any atom is -0.378 e. The van der Waals surface area contributed by atoms with Crippen LogP contribution in [0, 0.1) is 6.92 Å². The number of nitrogens with zero attached hydrogens (tertiary/aromatic N) is 5. The van der Waals surface area contributed by atoms with Crippen LogP contribution in [0.25, 0.3) is 16.9 Å². The van der Waals surface area contributed by atoms with Crippen LogP contribution in [0.2, 0.25) is 0 Å². The first-order valence-electron chi connectivity index (χ1n) is 10.4. The van der Waals surface area contributed by atoms with Crippen molar-refractivity contribution in [2.75, 3.05) is 36.5 Å². The standard InChI is InChI=1S/C22H19F3N6O2S/c1-13-11-26-21(34-13)28-20(32)15-10-18(30-6-8-33-9-7-30)29-31-12-17(27-19(15)31)14-4-2-3-5-16(14)22(23,24)25/h2-5,10-12H,6-9H2,1H3,(H,26,28,32). The van der Waals surface area contributed by atoms with Gasteiger partial charge in [0.2, 0.25) is 0 Å². The molecular formula is C22H19F3N6O2S. The second-order valence-corrected chi connectivity index (χ2v) is 8.92. The van der Waals surface area contributed by atoms with Crippen LogP contribution in [-0.2, 0) is 10.9 Å². The summed E-state index contributed by atoms with van der Waals surface area (Å²) in [5.74, 6) is 0.0295. The third-order valence-corrected chi connectivity index (χ3v) is 6.17. The number of nitrogens with one attached hydrogen (secondary N) is 1. The quantitative estimate of drug-likeness (QED) is 0.462. The SMILES string of the molecule is Cc1cnc(NC(=O)c2cc(N3CCOCC3)nn3cc(-c4ccccc4C(F)(F)F)nc23)s1. The summed E-state index contributed by atoms with van der Waals surface area (Å²) in [6.45, 7) is 4.03. The van der Waals surface area contributed by atoms with Crippen molar-refractivity contribution >= 4 is 33.8 Å². The zero-order valence-electron chi connectivity index (χ0n) is 18.0. The minimum atomic E-state index is -4.55. The molecule has 4 aromatic rings. The molecule has 0 spiro atoms. The Morgan fingerprint density at radius 1 is 1.21 bits per heavy atom. The van der Waals surface area contributed by atoms with Gasteiger partial charge in [-0.25, -0.2) is 14.5 Å². The molecule has 0 atom stereocenters. The Bertz CT molecular complexity index is 1360. The molecule has 8 nitrogen and oxygen atoms in total. The van der Waals surface area contributed by atoms with Crippen LogP contribution >= 0.6 is 11.3 Å². The molecule has 3 aromatic heterocycles. The van der Waals surface area contributed by atoms with Crippen molar-refractivity contribution < 1.29 is 22.7 Å². The molecule has 4 heterocycles. The molecule has 1 aliphatic rings. The van der Waals surface area contributed by atoms with E-state index in [2.05, 4.69) is 20.4 Å². The summed E-state index contributed by atoms with van der Waals surface area (Å²) in [7, 11) is 0. The highest BCUT2D eigenvalue weighted by atomic mass is 32.1. The lowest BCUT2D eigenvalue weighted by Gasteiger charge is -2.27. The predicted molar refractivity (Wildman–Crippen MR) is 121 cm³/mol. The van der Waals surface area contributed by atoms with E-state index < -0.39 is 17.6 Å². The summed E-state index contributed by atoms with van der Waals surface area (Å²) in [5.41, 5.74) is -0.500. The Morgan fingerprint density at radius 2 is 1.97 bits per heavy atom. The molecule has 1 fully saturated rings. The first kappa shape index (κ1) is 22.3. The van der Waals surface area contributed by atoms with E-state index >= 15 is 0 Å². The van der Waals surface area contributed by atoms with Gasteiger partial charge in [-0.15, -0.1) is 16.4 Å². The number of alkyl halides is 3. The van der Waals surface area contributed by atoms with Gasteiger partial charge in [0.25, 0.3) is 5.91 Å². The first-order valence-corrected chi connectivity index (χ1v) is 11.2. The maximum absolute atomic E-state index is 13.6. The molecule has 12 heteroatoms. The van der Waals surface area contributed by atoms with Crippen molar-refractivity contribution in [3.63, 3.8) is 0 Å². The predicted octanol–water partition coefficient (Wildman–Crippen LogP) is 4.27. The average molecular weight is 488 g/mol. The van der Waals surface area contributed by atoms with Crippen LogP contribution in [-0.4, -0.2) is 51.8 Å². The van der Waals surface area contributed by atoms with Gasteiger partial charge in [0.1, 0.15) is 0 Å². The van der Waals surface area contributed by atoms with E-state index in [9.17, 15) is 18.0 Å². The Hall–Kier alpha value is -3.51. The molecule has 0 aliphatic carbocycles. The van der Waals surface area contributed by atoms with Gasteiger partial charge in [-0.05, 0) is 19.1 Å². The summed E-state index contributed by atoms with van der Waals surface area (Å²) >= 11 is 1.32. The number of hydrogen-bond acceptors (Lipinski definition) is 7. The van der Waals surface area contributed by atoms with Crippen LogP contribution in [0.3, 0.4) is 0 Å². The van der Waals surface area contributed by atoms with Gasteiger partial charge in [-0.3, -0.25) is 10.1 Å². The largest absolute Gasteiger partial charge is 0.417 e. The van der Waals surface area contributed by atoms with E-state index in [1.807, 2.05) is 11.8 Å². The van der Waals surface area contributed by atoms with Crippen LogP contribution in [0.4, 0.5) is 24.1 Å². The fourth-order valence-electron chi connectivity index (χ4n) is 3.74. The third-order valence-electron chi connectivity index (χ3n) is 5.34. The van der Waals surface area contributed by atoms with Crippen molar-refractivity contribution in [2.24, 2.45) is 0 Å². The lowest BCUT2D eigenvalue weighted by molar-refractivity contribution is -0.137. The van der Waals surface area contributed by atoms with Gasteiger partial charge < -0.3 is 9.64 Å². The Balaban J connectivity index is 1.63. The second-order valence-electron chi connectivity index (χ2n) is 7.68. The van der Waals surface area contributed by atoms with Gasteiger partial charge in [-0.2, -0.15) is 13.2 Å². The number of aryl methyl sites for hydroxylation is 1. The summed E-state index contributed by atoms with van der Waals surface area (Å²) < 4.78 is 47.6. The van der Waals surface area contributed by atoms with Gasteiger partial charge in [0.15, 0.2) is 16.6 Å². The maximum Gasteiger partial charge on any atom is 0.417 e. The average Bonchev–Trinajstić information content (AvgIpc) is 3.44. The van der Waals surface area contributed by atoms with Crippen LogP contribution in [0.15, 0.2) is 42.7 Å². The molecule has 176 valence electrons. The van der Waals surface area contributed by atoms with Crippen LogP contribution < -0.4 is 10.2 Å². The van der Waals surface area contributed by atoms with Gasteiger partial charge in [0, 0.05) is 29.7 Å². The summed E-state index contributed by atoms with van der Waals surface area (Å²) in [6, 6.07) is 6.80. The van der Waals surface area contributed by atoms with Gasteiger partial charge in [-0.1, -0.05) is 18.2 Å². The van der Waals surface area contributed by atoms with E-state index in [0.29, 0.717) is 37.3 Å². The van der Waals surface area contributed by atoms with E-state index in [1.54, 1.807) is 12.3 Å². The first-order chi connectivity index (χ1) is 16.3. The number of thiazole rings is 1. The molecule has 0 bridgehead atoms. The number of anilines is 2. The minimum absolute atomic E-state index is 0.0682. The van der Waals surface area contributed by atoms with Crippen LogP contribution in [0.1, 0.15) is 20.8 Å². The zero-order chi connectivity index (χ0) is 23.9. The summed E-state index contributed by atoms with van der Waals surface area (Å²) in [4.78, 5) is 24.6. The van der Waals surface area contributed by atoms with Gasteiger partial charge >= 0.3 is 6.18 Å². The topological polar surface area (TPSA) is 84.7 Å². The van der Waals surface area contributed by atoms with Crippen molar-refractivity contribution in [1.29, 1.82) is 0 Å². The second kappa shape index (κ2) is 8.69. The highest BCUT2D eigenvalue weighted by Gasteiger charge is 2.34. The Morgan fingerprint density at radius 3 is 2.68 bits per heavy atom. The molecule has 1 amide bonds. The van der Waals surface area contributed by atoms with E-state index in [1.165, 1.54) is 40.2 Å². The van der Waals surface area contributed by atoms with Crippen molar-refractivity contribution in [3.8, 4) is 11.3 Å². The number of fused-ring (bicyclic) bond motifs is 1. The van der Waals surface area contributed by atoms with Crippen molar-refractivity contribution in [2.45, 2.75) is 13.1 Å². The van der Waals surface area contributed by atoms with E-state index in [0.717, 1.165) is 10.9 Å². The molecule has 0 radical (unpaired) electrons. The summed E-state index contributed by atoms with van der Waals surface area (Å²) in [5, 5.41) is 7.71. The lowest BCUT2D eigenvalue weighted by atomic mass is 10.1. The number of amides is 1. The molecule has 34 heavy (non-hydrogen) atoms. The van der Waals surface area contributed by atoms with E-state index in [-0.39, 0.29) is 22.5 Å². The van der Waals surface area contributed by atoms with Gasteiger partial charge in [0.05, 0.1) is 36.2 Å². The zero-order valence-corrected chi connectivity index (χ0v) is 18.8. The number of hydrogen-bond donors (Lipinski definition) is 1. The number of morpholine rings is 1. The van der Waals surface area contributed by atoms with Crippen molar-refractivity contribution in [3.05, 3.63) is 58.7 Å². The molecule has 0 unspecified atom stereocenters. The number of aromatic nitrogens is 4.